The molecule has 2 aliphatic carbocycles. The standard InChI is InChI=1S/C25H29ClN2O.2ClH/c26-18-5-6-21-22-16-25(24(21)15-18,23-4-2-1-3-20(22)23)17-27-9-7-19(8-10-27)28-11-13-29-14-12-28;;/h1-6,15,19,22H,7-14,16-17H2;2*1H. The molecule has 6 heteroatoms. The first-order valence-corrected chi connectivity index (χ1v) is 11.6. The zero-order valence-electron chi connectivity index (χ0n) is 17.8. The molecule has 6 rings (SSSR count). The van der Waals surface area contributed by atoms with Gasteiger partial charge in [0.1, 0.15) is 0 Å². The van der Waals surface area contributed by atoms with Crippen LogP contribution in [0.15, 0.2) is 42.5 Å². The van der Waals surface area contributed by atoms with Gasteiger partial charge in [-0.05, 0) is 66.7 Å². The molecule has 2 unspecified atom stereocenters. The summed E-state index contributed by atoms with van der Waals surface area (Å²) in [6.45, 7) is 7.55. The average Bonchev–Trinajstić information content (AvgIpc) is 3.26. The summed E-state index contributed by atoms with van der Waals surface area (Å²) in [4.78, 5) is 5.39. The quantitative estimate of drug-likeness (QED) is 0.605. The highest BCUT2D eigenvalue weighted by Gasteiger charge is 2.53. The molecule has 2 heterocycles. The number of fused-ring (bicyclic) bond motifs is 8. The maximum absolute atomic E-state index is 6.47. The number of benzene rings is 2. The zero-order valence-corrected chi connectivity index (χ0v) is 20.2. The molecule has 2 aromatic rings. The fourth-order valence-electron chi connectivity index (χ4n) is 6.59. The molecule has 2 bridgehead atoms. The largest absolute Gasteiger partial charge is 0.379 e. The van der Waals surface area contributed by atoms with Gasteiger partial charge in [-0.1, -0.05) is 41.9 Å². The molecular formula is C25H31Cl3N2O. The maximum atomic E-state index is 6.47. The second kappa shape index (κ2) is 9.21. The van der Waals surface area contributed by atoms with Crippen molar-refractivity contribution in [1.82, 2.24) is 9.80 Å². The van der Waals surface area contributed by atoms with Crippen LogP contribution < -0.4 is 0 Å². The molecule has 0 spiro atoms. The summed E-state index contributed by atoms with van der Waals surface area (Å²) in [5, 5.41) is 0.874. The highest BCUT2D eigenvalue weighted by Crippen LogP contribution is 2.60. The molecule has 2 aromatic carbocycles. The molecule has 0 amide bonds. The van der Waals surface area contributed by atoms with Crippen molar-refractivity contribution in [2.45, 2.75) is 36.6 Å². The lowest BCUT2D eigenvalue weighted by atomic mass is 9.74. The van der Waals surface area contributed by atoms with Crippen LogP contribution in [0.1, 0.15) is 47.4 Å². The van der Waals surface area contributed by atoms with Gasteiger partial charge in [0.15, 0.2) is 0 Å². The molecule has 0 radical (unpaired) electrons. The first-order valence-electron chi connectivity index (χ1n) is 11.2. The van der Waals surface area contributed by atoms with E-state index in [4.69, 9.17) is 16.3 Å². The Morgan fingerprint density at radius 3 is 2.39 bits per heavy atom. The van der Waals surface area contributed by atoms with Crippen LogP contribution in [0.4, 0.5) is 0 Å². The lowest BCUT2D eigenvalue weighted by Gasteiger charge is -2.43. The van der Waals surface area contributed by atoms with Crippen molar-refractivity contribution in [2.24, 2.45) is 0 Å². The van der Waals surface area contributed by atoms with Crippen molar-refractivity contribution in [3.63, 3.8) is 0 Å². The number of morpholine rings is 1. The molecule has 3 nitrogen and oxygen atoms in total. The van der Waals surface area contributed by atoms with Crippen LogP contribution in [0, 0.1) is 0 Å². The van der Waals surface area contributed by atoms with E-state index in [9.17, 15) is 0 Å². The molecule has 0 aromatic heterocycles. The van der Waals surface area contributed by atoms with E-state index in [0.29, 0.717) is 5.92 Å². The first kappa shape index (κ1) is 23.4. The van der Waals surface area contributed by atoms with Crippen molar-refractivity contribution in [3.8, 4) is 0 Å². The molecule has 2 fully saturated rings. The Hall–Kier alpha value is -0.810. The summed E-state index contributed by atoms with van der Waals surface area (Å²) in [7, 11) is 0. The van der Waals surface area contributed by atoms with E-state index in [1.807, 2.05) is 0 Å². The lowest BCUT2D eigenvalue weighted by molar-refractivity contribution is -0.000351. The lowest BCUT2D eigenvalue weighted by Crippen LogP contribution is -2.51. The Morgan fingerprint density at radius 2 is 1.61 bits per heavy atom. The van der Waals surface area contributed by atoms with Gasteiger partial charge in [0.05, 0.1) is 13.2 Å². The number of hydrogen-bond donors (Lipinski definition) is 0. The summed E-state index contributed by atoms with van der Waals surface area (Å²) in [5.41, 5.74) is 6.22. The third-order valence-corrected chi connectivity index (χ3v) is 8.16. The molecule has 2 atom stereocenters. The minimum Gasteiger partial charge on any atom is -0.379 e. The molecule has 2 aliphatic heterocycles. The van der Waals surface area contributed by atoms with Gasteiger partial charge in [-0.2, -0.15) is 0 Å². The maximum Gasteiger partial charge on any atom is 0.0594 e. The van der Waals surface area contributed by atoms with E-state index in [0.717, 1.165) is 43.9 Å². The minimum absolute atomic E-state index is 0. The highest BCUT2D eigenvalue weighted by molar-refractivity contribution is 6.30. The van der Waals surface area contributed by atoms with Crippen molar-refractivity contribution in [2.75, 3.05) is 45.9 Å². The summed E-state index contributed by atoms with van der Waals surface area (Å²) in [6, 6.07) is 16.5. The number of rotatable bonds is 3. The van der Waals surface area contributed by atoms with E-state index >= 15 is 0 Å². The molecule has 168 valence electrons. The number of halogens is 3. The number of likely N-dealkylation sites (tertiary alicyclic amines) is 1. The molecule has 0 saturated carbocycles. The number of nitrogens with zero attached hydrogens (tertiary/aromatic N) is 2. The summed E-state index contributed by atoms with van der Waals surface area (Å²) < 4.78 is 5.55. The third-order valence-electron chi connectivity index (χ3n) is 7.92. The third kappa shape index (κ3) is 3.82. The topological polar surface area (TPSA) is 15.7 Å². The van der Waals surface area contributed by atoms with E-state index < -0.39 is 0 Å². The van der Waals surface area contributed by atoms with Gasteiger partial charge in [-0.25, -0.2) is 0 Å². The van der Waals surface area contributed by atoms with E-state index in [-0.39, 0.29) is 30.2 Å². The Bertz CT molecular complexity index is 925. The van der Waals surface area contributed by atoms with Gasteiger partial charge >= 0.3 is 0 Å². The van der Waals surface area contributed by atoms with E-state index in [1.54, 1.807) is 11.1 Å². The van der Waals surface area contributed by atoms with Crippen LogP contribution in [0.25, 0.3) is 0 Å². The normalized spacial score (nSPS) is 27.8. The predicted octanol–water partition coefficient (Wildman–Crippen LogP) is 5.12. The first-order chi connectivity index (χ1) is 14.2. The second-order valence-corrected chi connectivity index (χ2v) is 9.75. The van der Waals surface area contributed by atoms with Crippen LogP contribution >= 0.6 is 36.4 Å². The Morgan fingerprint density at radius 1 is 0.903 bits per heavy atom. The van der Waals surface area contributed by atoms with Crippen LogP contribution in [0.2, 0.25) is 5.02 Å². The molecular weight excluding hydrogens is 451 g/mol. The monoisotopic (exact) mass is 480 g/mol. The van der Waals surface area contributed by atoms with Crippen molar-refractivity contribution in [1.29, 1.82) is 0 Å². The summed E-state index contributed by atoms with van der Waals surface area (Å²) in [6.07, 6.45) is 3.78. The van der Waals surface area contributed by atoms with Crippen molar-refractivity contribution in [3.05, 3.63) is 69.7 Å². The van der Waals surface area contributed by atoms with Crippen LogP contribution in [0.5, 0.6) is 0 Å². The SMILES string of the molecule is Cl.Cl.Clc1ccc2c(c1)C1(CN3CCC(N4CCOCC4)CC3)CC2c2ccccc21. The van der Waals surface area contributed by atoms with Gasteiger partial charge in [-0.3, -0.25) is 4.90 Å². The van der Waals surface area contributed by atoms with Gasteiger partial charge in [-0.15, -0.1) is 24.8 Å². The zero-order chi connectivity index (χ0) is 19.4. The van der Waals surface area contributed by atoms with Crippen LogP contribution in [-0.2, 0) is 10.2 Å². The van der Waals surface area contributed by atoms with Gasteiger partial charge in [0.25, 0.3) is 0 Å². The summed E-state index contributed by atoms with van der Waals surface area (Å²) >= 11 is 6.47. The molecule has 2 saturated heterocycles. The van der Waals surface area contributed by atoms with Crippen molar-refractivity contribution < 1.29 is 4.74 Å². The smallest absolute Gasteiger partial charge is 0.0594 e. The van der Waals surface area contributed by atoms with Crippen LogP contribution in [-0.4, -0.2) is 61.8 Å². The summed E-state index contributed by atoms with van der Waals surface area (Å²) in [5.74, 6) is 0.546. The van der Waals surface area contributed by atoms with Gasteiger partial charge in [0, 0.05) is 42.0 Å². The average molecular weight is 482 g/mol. The fourth-order valence-corrected chi connectivity index (χ4v) is 6.76. The Balaban J connectivity index is 0.00000116. The number of piperidine rings is 1. The number of hydrogen-bond acceptors (Lipinski definition) is 3. The fraction of sp³-hybridized carbons (Fsp3) is 0.520. The van der Waals surface area contributed by atoms with Gasteiger partial charge in [0.2, 0.25) is 0 Å². The highest BCUT2D eigenvalue weighted by atomic mass is 35.5. The Kier molecular flexibility index (Phi) is 6.94. The molecule has 4 aliphatic rings. The van der Waals surface area contributed by atoms with E-state index in [1.165, 1.54) is 43.5 Å². The van der Waals surface area contributed by atoms with Crippen molar-refractivity contribution >= 4 is 36.4 Å². The van der Waals surface area contributed by atoms with E-state index in [2.05, 4.69) is 52.3 Å². The Labute approximate surface area is 202 Å². The number of ether oxygens (including phenoxy) is 1. The predicted molar refractivity (Wildman–Crippen MR) is 131 cm³/mol. The van der Waals surface area contributed by atoms with Gasteiger partial charge < -0.3 is 9.64 Å². The molecule has 31 heavy (non-hydrogen) atoms. The molecule has 0 N–H and O–H groups in total. The van der Waals surface area contributed by atoms with Crippen LogP contribution in [0.3, 0.4) is 0 Å². The minimum atomic E-state index is 0. The second-order valence-electron chi connectivity index (χ2n) is 9.31.